The third-order valence-electron chi connectivity index (χ3n) is 5.64. The van der Waals surface area contributed by atoms with Crippen molar-refractivity contribution in [3.63, 3.8) is 0 Å². The minimum absolute atomic E-state index is 0.163. The van der Waals surface area contributed by atoms with Crippen LogP contribution in [0.3, 0.4) is 0 Å². The fourth-order valence-electron chi connectivity index (χ4n) is 4.11. The molecule has 0 saturated carbocycles. The number of nitrogens with one attached hydrogen (secondary N) is 1. The average Bonchev–Trinajstić information content (AvgIpc) is 2.93. The van der Waals surface area contributed by atoms with Gasteiger partial charge < -0.3 is 10.1 Å². The summed E-state index contributed by atoms with van der Waals surface area (Å²) in [5.41, 5.74) is 0.464. The SMILES string of the molecule is COC(=O)C(=C(S)NC(=O)c1ccccc1)[P+](c1ccccc1)(c1ccccc1)c1ccccc1. The minimum atomic E-state index is -2.83. The number of hydrogen-bond donors (Lipinski definition) is 2. The van der Waals surface area contributed by atoms with Gasteiger partial charge in [0.05, 0.1) is 7.11 Å². The summed E-state index contributed by atoms with van der Waals surface area (Å²) < 4.78 is 5.32. The lowest BCUT2D eigenvalue weighted by molar-refractivity contribution is -0.135. The number of hydrogen-bond acceptors (Lipinski definition) is 4. The van der Waals surface area contributed by atoms with Crippen LogP contribution in [0, 0.1) is 0 Å². The molecule has 0 heterocycles. The molecule has 174 valence electrons. The van der Waals surface area contributed by atoms with Gasteiger partial charge in [-0.2, -0.15) is 0 Å². The van der Waals surface area contributed by atoms with Crippen LogP contribution in [0.2, 0.25) is 0 Å². The molecule has 0 fully saturated rings. The summed E-state index contributed by atoms with van der Waals surface area (Å²) in [6.07, 6.45) is 0. The number of benzene rings is 4. The minimum Gasteiger partial charge on any atom is -0.463 e. The van der Waals surface area contributed by atoms with E-state index >= 15 is 0 Å². The molecule has 4 aromatic carbocycles. The van der Waals surface area contributed by atoms with Gasteiger partial charge in [-0.3, -0.25) is 4.79 Å². The largest absolute Gasteiger partial charge is 0.463 e. The molecule has 0 bridgehead atoms. The van der Waals surface area contributed by atoms with E-state index in [1.165, 1.54) is 7.11 Å². The fourth-order valence-corrected chi connectivity index (χ4v) is 9.02. The van der Waals surface area contributed by atoms with Crippen molar-refractivity contribution in [2.75, 3.05) is 7.11 Å². The standard InChI is InChI=1S/C29H24NO3PS/c1-33-29(32)26(28(35)30-27(31)22-14-6-2-7-15-22)34(23-16-8-3-9-17-23,24-18-10-4-11-19-24)25-20-12-5-13-21-25/h2-21H,1H3,(H-,30,31,32,35)/p+1. The van der Waals surface area contributed by atoms with Crippen molar-refractivity contribution in [2.45, 2.75) is 0 Å². The summed E-state index contributed by atoms with van der Waals surface area (Å²) in [5, 5.41) is 6.17. The molecule has 0 aliphatic heterocycles. The van der Waals surface area contributed by atoms with Gasteiger partial charge in [0.25, 0.3) is 5.91 Å². The lowest BCUT2D eigenvalue weighted by Gasteiger charge is -2.29. The Morgan fingerprint density at radius 3 is 1.40 bits per heavy atom. The molecule has 0 unspecified atom stereocenters. The summed E-state index contributed by atoms with van der Waals surface area (Å²) in [4.78, 5) is 26.7. The van der Waals surface area contributed by atoms with Gasteiger partial charge in [0.15, 0.2) is 7.26 Å². The number of thiol groups is 1. The molecule has 4 aromatic rings. The smallest absolute Gasteiger partial charge is 0.377 e. The van der Waals surface area contributed by atoms with Crippen LogP contribution >= 0.6 is 19.9 Å². The van der Waals surface area contributed by atoms with Crippen LogP contribution in [0.25, 0.3) is 0 Å². The van der Waals surface area contributed by atoms with E-state index in [1.807, 2.05) is 97.1 Å². The van der Waals surface area contributed by atoms with E-state index in [0.717, 1.165) is 15.9 Å². The van der Waals surface area contributed by atoms with Crippen LogP contribution in [0.5, 0.6) is 0 Å². The first-order valence-electron chi connectivity index (χ1n) is 11.0. The van der Waals surface area contributed by atoms with E-state index in [2.05, 4.69) is 5.32 Å². The second-order valence-electron chi connectivity index (χ2n) is 7.69. The van der Waals surface area contributed by atoms with Crippen molar-refractivity contribution in [2.24, 2.45) is 0 Å². The maximum atomic E-state index is 13.6. The molecule has 0 aliphatic carbocycles. The quantitative estimate of drug-likeness (QED) is 0.168. The Kier molecular flexibility index (Phi) is 7.81. The van der Waals surface area contributed by atoms with Gasteiger partial charge >= 0.3 is 5.97 Å². The Morgan fingerprint density at radius 2 is 1.03 bits per heavy atom. The van der Waals surface area contributed by atoms with E-state index in [1.54, 1.807) is 24.3 Å². The first-order valence-corrected chi connectivity index (χ1v) is 13.3. The molecular weight excluding hydrogens is 473 g/mol. The lowest BCUT2D eigenvalue weighted by Crippen LogP contribution is -2.37. The van der Waals surface area contributed by atoms with E-state index < -0.39 is 13.2 Å². The monoisotopic (exact) mass is 498 g/mol. The van der Waals surface area contributed by atoms with Crippen molar-refractivity contribution in [3.8, 4) is 0 Å². The van der Waals surface area contributed by atoms with Crippen molar-refractivity contribution in [3.05, 3.63) is 137 Å². The van der Waals surface area contributed by atoms with Crippen LogP contribution < -0.4 is 21.2 Å². The van der Waals surface area contributed by atoms with Crippen molar-refractivity contribution >= 4 is 47.7 Å². The molecule has 35 heavy (non-hydrogen) atoms. The van der Waals surface area contributed by atoms with Gasteiger partial charge in [0.1, 0.15) is 20.9 Å². The summed E-state index contributed by atoms with van der Waals surface area (Å²) in [5.74, 6) is -0.905. The van der Waals surface area contributed by atoms with E-state index in [9.17, 15) is 9.59 Å². The van der Waals surface area contributed by atoms with Crippen molar-refractivity contribution in [1.82, 2.24) is 5.32 Å². The molecular formula is C29H25NO3PS+. The molecule has 0 spiro atoms. The Morgan fingerprint density at radius 1 is 0.657 bits per heavy atom. The highest BCUT2D eigenvalue weighted by molar-refractivity contribution is 8.00. The summed E-state index contributed by atoms with van der Waals surface area (Å²) in [6.45, 7) is 0. The fraction of sp³-hybridized carbons (Fsp3) is 0.0345. The van der Waals surface area contributed by atoms with Gasteiger partial charge in [-0.15, -0.1) is 12.6 Å². The number of carbonyl (C=O) groups excluding carboxylic acids is 2. The number of methoxy groups -OCH3 is 1. The highest BCUT2D eigenvalue weighted by atomic mass is 32.1. The van der Waals surface area contributed by atoms with E-state index in [-0.39, 0.29) is 10.9 Å². The molecule has 0 radical (unpaired) electrons. The first kappa shape index (κ1) is 24.5. The van der Waals surface area contributed by atoms with Crippen LogP contribution in [0.1, 0.15) is 10.4 Å². The number of carbonyl (C=O) groups is 2. The molecule has 0 aliphatic rings. The Balaban J connectivity index is 2.06. The van der Waals surface area contributed by atoms with E-state index in [0.29, 0.717) is 10.9 Å². The molecule has 1 N–H and O–H groups in total. The Hall–Kier alpha value is -3.66. The number of ether oxygens (including phenoxy) is 1. The highest BCUT2D eigenvalue weighted by Crippen LogP contribution is 2.63. The molecule has 0 atom stereocenters. The first-order chi connectivity index (χ1) is 17.1. The van der Waals surface area contributed by atoms with Gasteiger partial charge in [-0.25, -0.2) is 4.79 Å². The zero-order valence-corrected chi connectivity index (χ0v) is 21.0. The van der Waals surface area contributed by atoms with Gasteiger partial charge in [0, 0.05) is 5.56 Å². The predicted octanol–water partition coefficient (Wildman–Crippen LogP) is 4.68. The third kappa shape index (κ3) is 4.93. The maximum Gasteiger partial charge on any atom is 0.377 e. The van der Waals surface area contributed by atoms with Crippen molar-refractivity contribution < 1.29 is 14.3 Å². The van der Waals surface area contributed by atoms with Crippen molar-refractivity contribution in [1.29, 1.82) is 0 Å². The third-order valence-corrected chi connectivity index (χ3v) is 10.4. The number of amides is 1. The molecule has 4 rings (SSSR count). The van der Waals surface area contributed by atoms with Crippen LogP contribution in [-0.2, 0) is 9.53 Å². The van der Waals surface area contributed by atoms with Crippen LogP contribution in [0.15, 0.2) is 132 Å². The molecule has 0 saturated heterocycles. The maximum absolute atomic E-state index is 13.6. The highest BCUT2D eigenvalue weighted by Gasteiger charge is 2.54. The average molecular weight is 499 g/mol. The zero-order valence-electron chi connectivity index (χ0n) is 19.2. The lowest BCUT2D eigenvalue weighted by atomic mass is 10.2. The molecule has 4 nitrogen and oxygen atoms in total. The van der Waals surface area contributed by atoms with E-state index in [4.69, 9.17) is 17.4 Å². The Labute approximate surface area is 211 Å². The Bertz CT molecular complexity index is 1230. The second-order valence-corrected chi connectivity index (χ2v) is 11.5. The van der Waals surface area contributed by atoms with Crippen LogP contribution in [0.4, 0.5) is 0 Å². The molecule has 6 heteroatoms. The summed E-state index contributed by atoms with van der Waals surface area (Å²) >= 11 is 4.73. The second kappa shape index (κ2) is 11.2. The predicted molar refractivity (Wildman–Crippen MR) is 147 cm³/mol. The number of rotatable bonds is 7. The summed E-state index contributed by atoms with van der Waals surface area (Å²) in [6, 6.07) is 38.4. The van der Waals surface area contributed by atoms with Gasteiger partial charge in [-0.1, -0.05) is 72.8 Å². The van der Waals surface area contributed by atoms with Gasteiger partial charge in [-0.05, 0) is 48.5 Å². The van der Waals surface area contributed by atoms with Gasteiger partial charge in [0.2, 0.25) is 5.31 Å². The zero-order chi connectivity index (χ0) is 24.7. The molecule has 0 aromatic heterocycles. The normalized spacial score (nSPS) is 11.8. The summed E-state index contributed by atoms with van der Waals surface area (Å²) in [7, 11) is -1.48. The number of esters is 1. The molecule has 1 amide bonds. The van der Waals surface area contributed by atoms with Crippen LogP contribution in [-0.4, -0.2) is 19.0 Å². The topological polar surface area (TPSA) is 55.4 Å².